The SMILES string of the molecule is CN(C)C1(CN(C)C2(CN)CCSCC2)CCC1. The largest absolute Gasteiger partial charge is 0.329 e. The first-order valence-corrected chi connectivity index (χ1v) is 8.37. The number of thioether (sulfide) groups is 1. The highest BCUT2D eigenvalue weighted by Crippen LogP contribution is 2.39. The van der Waals surface area contributed by atoms with Crippen molar-refractivity contribution in [3.63, 3.8) is 0 Å². The highest BCUT2D eigenvalue weighted by molar-refractivity contribution is 7.99. The predicted molar refractivity (Wildman–Crippen MR) is 81.2 cm³/mol. The molecule has 0 atom stereocenters. The highest BCUT2D eigenvalue weighted by atomic mass is 32.2. The minimum atomic E-state index is 0.268. The molecule has 0 aromatic carbocycles. The maximum atomic E-state index is 6.13. The Hall–Kier alpha value is 0.230. The van der Waals surface area contributed by atoms with Crippen LogP contribution in [0.25, 0.3) is 0 Å². The van der Waals surface area contributed by atoms with E-state index in [4.69, 9.17) is 5.73 Å². The molecule has 2 N–H and O–H groups in total. The average molecular weight is 271 g/mol. The first kappa shape index (κ1) is 14.6. The first-order chi connectivity index (χ1) is 8.55. The summed E-state index contributed by atoms with van der Waals surface area (Å²) >= 11 is 2.08. The van der Waals surface area contributed by atoms with E-state index in [9.17, 15) is 0 Å². The molecule has 1 heterocycles. The van der Waals surface area contributed by atoms with Crippen molar-refractivity contribution in [1.29, 1.82) is 0 Å². The fourth-order valence-corrected chi connectivity index (χ4v) is 4.69. The summed E-state index contributed by atoms with van der Waals surface area (Å²) in [7, 11) is 6.77. The normalized spacial score (nSPS) is 26.3. The molecular weight excluding hydrogens is 242 g/mol. The van der Waals surface area contributed by atoms with Gasteiger partial charge in [0.25, 0.3) is 0 Å². The smallest absolute Gasteiger partial charge is 0.0345 e. The lowest BCUT2D eigenvalue weighted by Crippen LogP contribution is -2.63. The molecule has 2 aliphatic rings. The molecule has 18 heavy (non-hydrogen) atoms. The number of rotatable bonds is 5. The van der Waals surface area contributed by atoms with E-state index in [1.807, 2.05) is 0 Å². The van der Waals surface area contributed by atoms with Crippen LogP contribution in [0, 0.1) is 0 Å². The van der Waals surface area contributed by atoms with Crippen LogP contribution in [0.3, 0.4) is 0 Å². The standard InChI is InChI=1S/C14H29N3S/c1-16(2)14(5-4-6-14)12-17(3)13(11-15)7-9-18-10-8-13/h4-12,15H2,1-3H3. The molecule has 1 aliphatic heterocycles. The molecule has 1 saturated carbocycles. The Kier molecular flexibility index (Phi) is 4.63. The molecule has 2 rings (SSSR count). The van der Waals surface area contributed by atoms with Gasteiger partial charge in [-0.1, -0.05) is 0 Å². The molecular formula is C14H29N3S. The zero-order valence-corrected chi connectivity index (χ0v) is 13.1. The van der Waals surface area contributed by atoms with Gasteiger partial charge in [-0.2, -0.15) is 11.8 Å². The molecule has 0 unspecified atom stereocenters. The van der Waals surface area contributed by atoms with Gasteiger partial charge in [-0.15, -0.1) is 0 Å². The second-order valence-corrected chi connectivity index (χ2v) is 7.59. The van der Waals surface area contributed by atoms with Crippen molar-refractivity contribution in [3.8, 4) is 0 Å². The maximum absolute atomic E-state index is 6.13. The van der Waals surface area contributed by atoms with E-state index in [1.54, 1.807) is 0 Å². The van der Waals surface area contributed by atoms with Crippen LogP contribution in [0.4, 0.5) is 0 Å². The number of nitrogens with zero attached hydrogens (tertiary/aromatic N) is 2. The van der Waals surface area contributed by atoms with Gasteiger partial charge in [0, 0.05) is 24.2 Å². The molecule has 2 fully saturated rings. The van der Waals surface area contributed by atoms with Crippen LogP contribution in [0.15, 0.2) is 0 Å². The molecule has 0 aromatic heterocycles. The zero-order valence-electron chi connectivity index (χ0n) is 12.2. The lowest BCUT2D eigenvalue weighted by Gasteiger charge is -2.53. The van der Waals surface area contributed by atoms with Gasteiger partial charge in [-0.05, 0) is 64.8 Å². The van der Waals surface area contributed by atoms with E-state index in [0.717, 1.165) is 6.54 Å². The van der Waals surface area contributed by atoms with Crippen LogP contribution < -0.4 is 5.73 Å². The van der Waals surface area contributed by atoms with E-state index in [-0.39, 0.29) is 5.54 Å². The number of nitrogens with two attached hydrogens (primary N) is 1. The Morgan fingerprint density at radius 2 is 1.61 bits per heavy atom. The van der Waals surface area contributed by atoms with Gasteiger partial charge in [0.15, 0.2) is 0 Å². The minimum absolute atomic E-state index is 0.268. The Morgan fingerprint density at radius 3 is 2.00 bits per heavy atom. The summed E-state index contributed by atoms with van der Waals surface area (Å²) in [6.45, 7) is 2.00. The summed E-state index contributed by atoms with van der Waals surface area (Å²) in [6, 6.07) is 0. The van der Waals surface area contributed by atoms with E-state index in [0.29, 0.717) is 5.54 Å². The average Bonchev–Trinajstić information content (AvgIpc) is 2.33. The van der Waals surface area contributed by atoms with E-state index in [1.165, 1.54) is 50.2 Å². The Balaban J connectivity index is 2.03. The third-order valence-corrected chi connectivity index (χ3v) is 6.36. The lowest BCUT2D eigenvalue weighted by atomic mass is 9.74. The van der Waals surface area contributed by atoms with Gasteiger partial charge in [-0.3, -0.25) is 4.90 Å². The molecule has 1 aliphatic carbocycles. The summed E-state index contributed by atoms with van der Waals surface area (Å²) in [5.41, 5.74) is 6.81. The lowest BCUT2D eigenvalue weighted by molar-refractivity contribution is -0.0103. The third kappa shape index (κ3) is 2.58. The van der Waals surface area contributed by atoms with Crippen molar-refractivity contribution in [2.24, 2.45) is 5.73 Å². The van der Waals surface area contributed by atoms with Crippen molar-refractivity contribution in [1.82, 2.24) is 9.80 Å². The van der Waals surface area contributed by atoms with Gasteiger partial charge in [0.05, 0.1) is 0 Å². The van der Waals surface area contributed by atoms with Gasteiger partial charge >= 0.3 is 0 Å². The molecule has 0 bridgehead atoms. The fraction of sp³-hybridized carbons (Fsp3) is 1.00. The van der Waals surface area contributed by atoms with Crippen LogP contribution in [-0.2, 0) is 0 Å². The summed E-state index contributed by atoms with van der Waals surface area (Å²) in [5, 5.41) is 0. The molecule has 0 amide bonds. The van der Waals surface area contributed by atoms with Crippen molar-refractivity contribution in [3.05, 3.63) is 0 Å². The number of hydrogen-bond acceptors (Lipinski definition) is 4. The number of likely N-dealkylation sites (N-methyl/N-ethyl adjacent to an activating group) is 2. The van der Waals surface area contributed by atoms with Crippen LogP contribution in [0.2, 0.25) is 0 Å². The van der Waals surface area contributed by atoms with Gasteiger partial charge < -0.3 is 10.6 Å². The molecule has 106 valence electrons. The summed E-state index contributed by atoms with van der Waals surface area (Å²) in [5.74, 6) is 2.55. The molecule has 0 aromatic rings. The monoisotopic (exact) mass is 271 g/mol. The zero-order chi connectivity index (χ0) is 13.2. The van der Waals surface area contributed by atoms with E-state index in [2.05, 4.69) is 42.7 Å². The summed E-state index contributed by atoms with van der Waals surface area (Å²) < 4.78 is 0. The molecule has 4 heteroatoms. The maximum Gasteiger partial charge on any atom is 0.0345 e. The Bertz CT molecular complexity index is 270. The van der Waals surface area contributed by atoms with Crippen molar-refractivity contribution in [2.75, 3.05) is 45.7 Å². The second-order valence-electron chi connectivity index (χ2n) is 6.37. The van der Waals surface area contributed by atoms with Gasteiger partial charge in [0.2, 0.25) is 0 Å². The van der Waals surface area contributed by atoms with Crippen molar-refractivity contribution >= 4 is 11.8 Å². The molecule has 3 nitrogen and oxygen atoms in total. The van der Waals surface area contributed by atoms with Crippen LogP contribution in [0.1, 0.15) is 32.1 Å². The van der Waals surface area contributed by atoms with E-state index >= 15 is 0 Å². The minimum Gasteiger partial charge on any atom is -0.329 e. The first-order valence-electron chi connectivity index (χ1n) is 7.21. The quantitative estimate of drug-likeness (QED) is 0.824. The van der Waals surface area contributed by atoms with Crippen LogP contribution in [0.5, 0.6) is 0 Å². The highest BCUT2D eigenvalue weighted by Gasteiger charge is 2.44. The fourth-order valence-electron chi connectivity index (χ4n) is 3.43. The number of hydrogen-bond donors (Lipinski definition) is 1. The molecule has 0 spiro atoms. The summed E-state index contributed by atoms with van der Waals surface area (Å²) in [4.78, 5) is 5.03. The Morgan fingerprint density at radius 1 is 1.00 bits per heavy atom. The third-order valence-electron chi connectivity index (χ3n) is 5.38. The summed E-state index contributed by atoms with van der Waals surface area (Å²) in [6.07, 6.45) is 6.60. The molecule has 1 saturated heterocycles. The topological polar surface area (TPSA) is 32.5 Å². The van der Waals surface area contributed by atoms with Crippen molar-refractivity contribution in [2.45, 2.75) is 43.2 Å². The molecule has 0 radical (unpaired) electrons. The van der Waals surface area contributed by atoms with Gasteiger partial charge in [-0.25, -0.2) is 0 Å². The Labute approximate surface area is 116 Å². The van der Waals surface area contributed by atoms with E-state index < -0.39 is 0 Å². The second kappa shape index (κ2) is 5.70. The van der Waals surface area contributed by atoms with Gasteiger partial charge in [0.1, 0.15) is 0 Å². The van der Waals surface area contributed by atoms with Crippen LogP contribution >= 0.6 is 11.8 Å². The predicted octanol–water partition coefficient (Wildman–Crippen LogP) is 1.63. The van der Waals surface area contributed by atoms with Crippen LogP contribution in [-0.4, -0.2) is 66.6 Å². The van der Waals surface area contributed by atoms with Crippen molar-refractivity contribution < 1.29 is 0 Å².